The molecule has 2 aromatic rings. The van der Waals surface area contributed by atoms with Crippen LogP contribution in [0.15, 0.2) is 48.5 Å². The average Bonchev–Trinajstić information content (AvgIpc) is 3.27. The Kier molecular flexibility index (Phi) is 7.04. The molecule has 0 radical (unpaired) electrons. The average molecular weight is 484 g/mol. The van der Waals surface area contributed by atoms with Gasteiger partial charge >= 0.3 is 0 Å². The summed E-state index contributed by atoms with van der Waals surface area (Å²) >= 11 is 0. The molecule has 35 heavy (non-hydrogen) atoms. The van der Waals surface area contributed by atoms with E-state index in [0.29, 0.717) is 18.5 Å². The number of likely N-dealkylation sites (tertiary alicyclic amines) is 1. The molecule has 0 aromatic heterocycles. The topological polar surface area (TPSA) is 133 Å². The molecule has 2 aliphatic heterocycles. The quantitative estimate of drug-likeness (QED) is 0.508. The van der Waals surface area contributed by atoms with E-state index in [2.05, 4.69) is 0 Å². The predicted octanol–water partition coefficient (Wildman–Crippen LogP) is 0.751. The maximum atomic E-state index is 13.7. The summed E-state index contributed by atoms with van der Waals surface area (Å²) in [6, 6.07) is 11.6. The molecule has 4 rings (SSSR count). The summed E-state index contributed by atoms with van der Waals surface area (Å²) in [5, 5.41) is 9.59. The molecule has 9 nitrogen and oxygen atoms in total. The van der Waals surface area contributed by atoms with Crippen LogP contribution in [0, 0.1) is 11.7 Å². The van der Waals surface area contributed by atoms with Gasteiger partial charge in [-0.15, -0.1) is 0 Å². The summed E-state index contributed by atoms with van der Waals surface area (Å²) in [6.07, 6.45) is -0.568. The largest absolute Gasteiger partial charge is 0.508 e. The molecule has 0 spiro atoms. The Morgan fingerprint density at radius 2 is 1.74 bits per heavy atom. The third-order valence-corrected chi connectivity index (χ3v) is 6.58. The summed E-state index contributed by atoms with van der Waals surface area (Å²) in [5.74, 6) is -2.31. The Morgan fingerprint density at radius 3 is 2.34 bits per heavy atom. The van der Waals surface area contributed by atoms with E-state index in [4.69, 9.17) is 11.5 Å². The van der Waals surface area contributed by atoms with E-state index in [1.807, 2.05) is 11.8 Å². The highest BCUT2D eigenvalue weighted by molar-refractivity contribution is 5.92. The van der Waals surface area contributed by atoms with Gasteiger partial charge < -0.3 is 26.4 Å². The number of hydrogen-bond donors (Lipinski definition) is 3. The van der Waals surface area contributed by atoms with Gasteiger partial charge in [0.15, 0.2) is 0 Å². The minimum Gasteiger partial charge on any atom is -0.508 e. The monoisotopic (exact) mass is 483 g/mol. The summed E-state index contributed by atoms with van der Waals surface area (Å²) in [7, 11) is 0. The molecular weight excluding hydrogens is 453 g/mol. The first kappa shape index (κ1) is 24.6. The first-order chi connectivity index (χ1) is 16.6. The number of phenols is 1. The number of rotatable bonds is 8. The number of halogens is 1. The third-order valence-electron chi connectivity index (χ3n) is 6.58. The lowest BCUT2D eigenvalue weighted by atomic mass is 10.0. The van der Waals surface area contributed by atoms with Gasteiger partial charge in [-0.25, -0.2) is 4.39 Å². The van der Waals surface area contributed by atoms with Crippen LogP contribution in [0.25, 0.3) is 0 Å². The molecule has 2 aromatic carbocycles. The highest BCUT2D eigenvalue weighted by Crippen LogP contribution is 2.34. The summed E-state index contributed by atoms with van der Waals surface area (Å²) < 4.78 is 13.4. The summed E-state index contributed by atoms with van der Waals surface area (Å²) in [5.41, 5.74) is 13.3. The van der Waals surface area contributed by atoms with E-state index in [-0.39, 0.29) is 43.2 Å². The number of aromatic hydroxyl groups is 1. The summed E-state index contributed by atoms with van der Waals surface area (Å²) in [4.78, 5) is 44.0. The normalized spacial score (nSPS) is 23.8. The first-order valence-electron chi connectivity index (χ1n) is 11.5. The van der Waals surface area contributed by atoms with Crippen molar-refractivity contribution in [3.8, 4) is 5.75 Å². The number of hydrogen-bond acceptors (Lipinski definition) is 6. The number of carbonyl (C=O) groups excluding carboxylic acids is 3. The lowest BCUT2D eigenvalue weighted by Gasteiger charge is -2.35. The van der Waals surface area contributed by atoms with Crippen molar-refractivity contribution in [1.82, 2.24) is 14.7 Å². The standard InChI is InChI=1S/C25H30FN5O4/c1-15(27)12-29-14-31(25(35)21(29)10-16-4-8-19(32)9-5-16)24-20(23(28)34)11-22(33)30(24)13-17-2-6-18(26)7-3-17/h2-9,15,20-21,24,32H,10-14,27H2,1H3,(H2,28,34)/t15-,20?,21+,24?/m0/s1. The third kappa shape index (κ3) is 5.28. The van der Waals surface area contributed by atoms with E-state index in [1.165, 1.54) is 21.9 Å². The van der Waals surface area contributed by atoms with Crippen LogP contribution in [0.1, 0.15) is 24.5 Å². The fourth-order valence-corrected chi connectivity index (χ4v) is 4.93. The number of nitrogens with zero attached hydrogens (tertiary/aromatic N) is 3. The molecule has 0 aliphatic carbocycles. The Labute approximate surface area is 203 Å². The van der Waals surface area contributed by atoms with E-state index < -0.39 is 29.8 Å². The van der Waals surface area contributed by atoms with Crippen LogP contribution in [0.5, 0.6) is 5.75 Å². The Bertz CT molecular complexity index is 1090. The zero-order valence-corrected chi connectivity index (χ0v) is 19.5. The minimum absolute atomic E-state index is 0.0963. The molecule has 4 atom stereocenters. The maximum absolute atomic E-state index is 13.7. The number of phenolic OH excluding ortho intramolecular Hbond substituents is 1. The van der Waals surface area contributed by atoms with Crippen LogP contribution in [0.4, 0.5) is 4.39 Å². The molecule has 2 saturated heterocycles. The molecule has 10 heteroatoms. The molecule has 2 aliphatic rings. The zero-order valence-electron chi connectivity index (χ0n) is 19.5. The molecular formula is C25H30FN5O4. The number of primary amides is 1. The number of benzene rings is 2. The fourth-order valence-electron chi connectivity index (χ4n) is 4.93. The van der Waals surface area contributed by atoms with Crippen molar-refractivity contribution in [2.45, 2.75) is 44.6 Å². The van der Waals surface area contributed by atoms with Crippen LogP contribution in [-0.2, 0) is 27.3 Å². The highest BCUT2D eigenvalue weighted by atomic mass is 19.1. The minimum atomic E-state index is -0.864. The molecule has 0 saturated carbocycles. The molecule has 186 valence electrons. The van der Waals surface area contributed by atoms with Gasteiger partial charge in [0, 0.05) is 25.6 Å². The van der Waals surface area contributed by atoms with E-state index in [1.54, 1.807) is 36.4 Å². The Morgan fingerprint density at radius 1 is 1.11 bits per heavy atom. The van der Waals surface area contributed by atoms with Gasteiger partial charge in [-0.1, -0.05) is 24.3 Å². The Hall–Kier alpha value is -3.50. The zero-order chi connectivity index (χ0) is 25.3. The van der Waals surface area contributed by atoms with Gasteiger partial charge in [-0.05, 0) is 48.7 Å². The van der Waals surface area contributed by atoms with Crippen molar-refractivity contribution in [3.63, 3.8) is 0 Å². The first-order valence-corrected chi connectivity index (χ1v) is 11.5. The van der Waals surface area contributed by atoms with E-state index in [0.717, 1.165) is 5.56 Å². The van der Waals surface area contributed by atoms with Gasteiger partial charge in [-0.3, -0.25) is 19.3 Å². The van der Waals surface area contributed by atoms with Gasteiger partial charge in [0.05, 0.1) is 18.6 Å². The lowest BCUT2D eigenvalue weighted by Crippen LogP contribution is -2.52. The van der Waals surface area contributed by atoms with Gasteiger partial charge in [0.1, 0.15) is 17.7 Å². The second-order valence-corrected chi connectivity index (χ2v) is 9.36. The van der Waals surface area contributed by atoms with Crippen molar-refractivity contribution in [2.24, 2.45) is 17.4 Å². The molecule has 3 amide bonds. The molecule has 2 fully saturated rings. The van der Waals surface area contributed by atoms with Gasteiger partial charge in [0.2, 0.25) is 17.7 Å². The maximum Gasteiger partial charge on any atom is 0.243 e. The van der Waals surface area contributed by atoms with Crippen LogP contribution in [0.3, 0.4) is 0 Å². The van der Waals surface area contributed by atoms with Crippen LogP contribution in [0.2, 0.25) is 0 Å². The number of nitrogens with two attached hydrogens (primary N) is 2. The van der Waals surface area contributed by atoms with Crippen molar-refractivity contribution in [1.29, 1.82) is 0 Å². The molecule has 0 bridgehead atoms. The van der Waals surface area contributed by atoms with Crippen molar-refractivity contribution >= 4 is 17.7 Å². The van der Waals surface area contributed by atoms with E-state index in [9.17, 15) is 23.9 Å². The van der Waals surface area contributed by atoms with Crippen LogP contribution >= 0.6 is 0 Å². The molecule has 2 heterocycles. The second-order valence-electron chi connectivity index (χ2n) is 9.36. The summed E-state index contributed by atoms with van der Waals surface area (Å²) in [6.45, 7) is 2.58. The van der Waals surface area contributed by atoms with Crippen LogP contribution < -0.4 is 11.5 Å². The molecule has 2 unspecified atom stereocenters. The van der Waals surface area contributed by atoms with Crippen molar-refractivity contribution in [3.05, 3.63) is 65.5 Å². The van der Waals surface area contributed by atoms with Gasteiger partial charge in [-0.2, -0.15) is 0 Å². The van der Waals surface area contributed by atoms with Gasteiger partial charge in [0.25, 0.3) is 0 Å². The Balaban J connectivity index is 1.64. The van der Waals surface area contributed by atoms with Crippen molar-refractivity contribution < 1.29 is 23.9 Å². The van der Waals surface area contributed by atoms with E-state index >= 15 is 0 Å². The van der Waals surface area contributed by atoms with Crippen molar-refractivity contribution in [2.75, 3.05) is 13.2 Å². The predicted molar refractivity (Wildman–Crippen MR) is 126 cm³/mol. The SMILES string of the molecule is C[C@H](N)CN1CN(C2C(C(N)=O)CC(=O)N2Cc2ccc(F)cc2)C(=O)[C@H]1Cc1ccc(O)cc1. The van der Waals surface area contributed by atoms with Crippen LogP contribution in [-0.4, -0.2) is 69.0 Å². The number of amides is 3. The smallest absolute Gasteiger partial charge is 0.243 e. The lowest BCUT2D eigenvalue weighted by molar-refractivity contribution is -0.140. The number of carbonyl (C=O) groups is 3. The second kappa shape index (κ2) is 10.0. The molecule has 5 N–H and O–H groups in total. The fraction of sp³-hybridized carbons (Fsp3) is 0.400. The highest BCUT2D eigenvalue weighted by Gasteiger charge is 2.52.